The lowest BCUT2D eigenvalue weighted by Gasteiger charge is -2.30. The van der Waals surface area contributed by atoms with Gasteiger partial charge in [0.1, 0.15) is 0 Å². The van der Waals surface area contributed by atoms with Crippen molar-refractivity contribution in [3.63, 3.8) is 0 Å². The number of nitrogens with zero attached hydrogens (tertiary/aromatic N) is 1. The number of halogens is 1. The molecule has 1 heterocycles. The number of aliphatic hydroxyl groups excluding tert-OH is 1. The molecule has 1 atom stereocenters. The van der Waals surface area contributed by atoms with Gasteiger partial charge in [0.05, 0.1) is 6.10 Å². The summed E-state index contributed by atoms with van der Waals surface area (Å²) in [5.74, 6) is 1.31. The number of piperidine rings is 1. The minimum atomic E-state index is -0.0624. The van der Waals surface area contributed by atoms with Gasteiger partial charge in [0.2, 0.25) is 0 Å². The van der Waals surface area contributed by atoms with Gasteiger partial charge in [-0.1, -0.05) is 6.92 Å². The predicted octanol–water partition coefficient (Wildman–Crippen LogP) is 1.32. The van der Waals surface area contributed by atoms with Crippen LogP contribution >= 0.6 is 11.6 Å². The number of rotatable bonds is 3. The van der Waals surface area contributed by atoms with Crippen LogP contribution in [0.1, 0.15) is 19.8 Å². The highest BCUT2D eigenvalue weighted by Gasteiger charge is 2.17. The quantitative estimate of drug-likeness (QED) is 0.681. The Bertz CT molecular complexity index is 124. The molecule has 0 aromatic rings. The van der Waals surface area contributed by atoms with Gasteiger partial charge >= 0.3 is 0 Å². The number of likely N-dealkylation sites (tertiary alicyclic amines) is 1. The van der Waals surface area contributed by atoms with Crippen molar-refractivity contribution in [3.05, 3.63) is 0 Å². The third-order valence-electron chi connectivity index (χ3n) is 2.39. The monoisotopic (exact) mass is 191 g/mol. The smallest absolute Gasteiger partial charge is 0.0564 e. The molecule has 1 saturated heterocycles. The molecule has 0 aliphatic carbocycles. The maximum atomic E-state index is 9.27. The van der Waals surface area contributed by atoms with Crippen LogP contribution in [-0.4, -0.2) is 41.6 Å². The predicted molar refractivity (Wildman–Crippen MR) is 51.6 cm³/mol. The van der Waals surface area contributed by atoms with Gasteiger partial charge in [-0.3, -0.25) is 0 Å². The van der Waals surface area contributed by atoms with Crippen LogP contribution in [0, 0.1) is 5.92 Å². The summed E-state index contributed by atoms with van der Waals surface area (Å²) in [5.41, 5.74) is 0. The Morgan fingerprint density at radius 3 is 2.58 bits per heavy atom. The van der Waals surface area contributed by atoms with Crippen molar-refractivity contribution in [3.8, 4) is 0 Å². The zero-order valence-corrected chi connectivity index (χ0v) is 8.43. The third-order valence-corrected chi connectivity index (χ3v) is 2.92. The Balaban J connectivity index is 2.17. The summed E-state index contributed by atoms with van der Waals surface area (Å²) in [6, 6.07) is 0. The number of alkyl halides is 1. The second-order valence-electron chi connectivity index (χ2n) is 3.79. The summed E-state index contributed by atoms with van der Waals surface area (Å²) in [6.45, 7) is 5.30. The zero-order chi connectivity index (χ0) is 8.97. The summed E-state index contributed by atoms with van der Waals surface area (Å²) >= 11 is 5.72. The average Bonchev–Trinajstić information content (AvgIpc) is 2.09. The standard InChI is InChI=1S/C9H18ClNO/c1-8(6-10)7-11-4-2-9(12)3-5-11/h8-9,12H,2-7H2,1H3. The molecule has 1 N–H and O–H groups in total. The lowest BCUT2D eigenvalue weighted by Crippen LogP contribution is -2.38. The summed E-state index contributed by atoms with van der Waals surface area (Å²) in [7, 11) is 0. The molecule has 0 radical (unpaired) electrons. The summed E-state index contributed by atoms with van der Waals surface area (Å²) in [5, 5.41) is 9.27. The van der Waals surface area contributed by atoms with E-state index in [-0.39, 0.29) is 6.10 Å². The molecular formula is C9H18ClNO. The van der Waals surface area contributed by atoms with E-state index in [4.69, 9.17) is 11.6 Å². The van der Waals surface area contributed by atoms with Gasteiger partial charge in [-0.05, 0) is 18.8 Å². The molecule has 1 fully saturated rings. The molecular weight excluding hydrogens is 174 g/mol. The SMILES string of the molecule is CC(CCl)CN1CCC(O)CC1. The molecule has 72 valence electrons. The van der Waals surface area contributed by atoms with Crippen LogP contribution in [0.4, 0.5) is 0 Å². The maximum Gasteiger partial charge on any atom is 0.0564 e. The Hall–Kier alpha value is 0.210. The van der Waals surface area contributed by atoms with Gasteiger partial charge < -0.3 is 10.0 Å². The van der Waals surface area contributed by atoms with Crippen molar-refractivity contribution in [2.24, 2.45) is 5.92 Å². The van der Waals surface area contributed by atoms with Crippen molar-refractivity contribution in [1.29, 1.82) is 0 Å². The van der Waals surface area contributed by atoms with Gasteiger partial charge in [-0.2, -0.15) is 0 Å². The lowest BCUT2D eigenvalue weighted by molar-refractivity contribution is 0.0774. The minimum absolute atomic E-state index is 0.0624. The van der Waals surface area contributed by atoms with Crippen molar-refractivity contribution in [1.82, 2.24) is 4.90 Å². The van der Waals surface area contributed by atoms with E-state index in [9.17, 15) is 5.11 Å². The summed E-state index contributed by atoms with van der Waals surface area (Å²) in [4.78, 5) is 2.39. The lowest BCUT2D eigenvalue weighted by atomic mass is 10.1. The third kappa shape index (κ3) is 3.30. The summed E-state index contributed by atoms with van der Waals surface area (Å²) < 4.78 is 0. The Kier molecular flexibility index (Phi) is 4.33. The number of hydrogen-bond donors (Lipinski definition) is 1. The molecule has 0 amide bonds. The highest BCUT2D eigenvalue weighted by Crippen LogP contribution is 2.12. The molecule has 3 heteroatoms. The van der Waals surface area contributed by atoms with Crippen LogP contribution in [0.2, 0.25) is 0 Å². The van der Waals surface area contributed by atoms with E-state index < -0.39 is 0 Å². The number of aliphatic hydroxyl groups is 1. The van der Waals surface area contributed by atoms with E-state index in [2.05, 4.69) is 11.8 Å². The first-order chi connectivity index (χ1) is 5.72. The maximum absolute atomic E-state index is 9.27. The molecule has 2 nitrogen and oxygen atoms in total. The van der Waals surface area contributed by atoms with Crippen LogP contribution < -0.4 is 0 Å². The van der Waals surface area contributed by atoms with Crippen LogP contribution in [0.5, 0.6) is 0 Å². The molecule has 1 rings (SSSR count). The van der Waals surface area contributed by atoms with Gasteiger partial charge in [-0.25, -0.2) is 0 Å². The Labute approximate surface area is 79.5 Å². The zero-order valence-electron chi connectivity index (χ0n) is 7.67. The van der Waals surface area contributed by atoms with Crippen molar-refractivity contribution in [2.45, 2.75) is 25.9 Å². The van der Waals surface area contributed by atoms with E-state index in [0.29, 0.717) is 5.92 Å². The van der Waals surface area contributed by atoms with Crippen LogP contribution in [0.25, 0.3) is 0 Å². The topological polar surface area (TPSA) is 23.5 Å². The first-order valence-electron chi connectivity index (χ1n) is 4.68. The summed E-state index contributed by atoms with van der Waals surface area (Å²) in [6.07, 6.45) is 1.79. The van der Waals surface area contributed by atoms with Gasteiger partial charge in [0, 0.05) is 25.5 Å². The van der Waals surface area contributed by atoms with Crippen molar-refractivity contribution < 1.29 is 5.11 Å². The van der Waals surface area contributed by atoms with E-state index in [1.165, 1.54) is 0 Å². The Morgan fingerprint density at radius 2 is 2.08 bits per heavy atom. The Morgan fingerprint density at radius 1 is 1.50 bits per heavy atom. The van der Waals surface area contributed by atoms with E-state index in [1.54, 1.807) is 0 Å². The van der Waals surface area contributed by atoms with Crippen LogP contribution in [-0.2, 0) is 0 Å². The molecule has 0 saturated carbocycles. The van der Waals surface area contributed by atoms with Crippen LogP contribution in [0.3, 0.4) is 0 Å². The average molecular weight is 192 g/mol. The molecule has 12 heavy (non-hydrogen) atoms. The molecule has 0 bridgehead atoms. The molecule has 1 aliphatic rings. The normalized spacial score (nSPS) is 24.2. The first kappa shape index (κ1) is 10.3. The molecule has 0 aromatic carbocycles. The fourth-order valence-corrected chi connectivity index (χ4v) is 1.69. The van der Waals surface area contributed by atoms with Crippen molar-refractivity contribution in [2.75, 3.05) is 25.5 Å². The van der Waals surface area contributed by atoms with E-state index in [0.717, 1.165) is 38.4 Å². The van der Waals surface area contributed by atoms with E-state index in [1.807, 2.05) is 0 Å². The molecule has 1 aliphatic heterocycles. The van der Waals surface area contributed by atoms with E-state index >= 15 is 0 Å². The van der Waals surface area contributed by atoms with Gasteiger partial charge in [0.15, 0.2) is 0 Å². The molecule has 1 unspecified atom stereocenters. The number of hydrogen-bond acceptors (Lipinski definition) is 2. The highest BCUT2D eigenvalue weighted by molar-refractivity contribution is 6.18. The second-order valence-corrected chi connectivity index (χ2v) is 4.10. The largest absolute Gasteiger partial charge is 0.393 e. The minimum Gasteiger partial charge on any atom is -0.393 e. The molecule has 0 spiro atoms. The van der Waals surface area contributed by atoms with Gasteiger partial charge in [0.25, 0.3) is 0 Å². The highest BCUT2D eigenvalue weighted by atomic mass is 35.5. The van der Waals surface area contributed by atoms with Crippen LogP contribution in [0.15, 0.2) is 0 Å². The fourth-order valence-electron chi connectivity index (χ4n) is 1.59. The van der Waals surface area contributed by atoms with Gasteiger partial charge in [-0.15, -0.1) is 11.6 Å². The van der Waals surface area contributed by atoms with Crippen molar-refractivity contribution >= 4 is 11.6 Å². The fraction of sp³-hybridized carbons (Fsp3) is 1.00. The first-order valence-corrected chi connectivity index (χ1v) is 5.22. The second kappa shape index (κ2) is 5.05. The molecule has 0 aromatic heterocycles.